The summed E-state index contributed by atoms with van der Waals surface area (Å²) < 4.78 is 14.9. The van der Waals surface area contributed by atoms with E-state index in [9.17, 15) is 24.0 Å². The van der Waals surface area contributed by atoms with Gasteiger partial charge in [-0.05, 0) is 49.8 Å². The van der Waals surface area contributed by atoms with Crippen LogP contribution >= 0.6 is 0 Å². The quantitative estimate of drug-likeness (QED) is 0.722. The van der Waals surface area contributed by atoms with E-state index in [1.54, 1.807) is 12.1 Å². The molecule has 3 aliphatic rings. The molecule has 4 rings (SSSR count). The summed E-state index contributed by atoms with van der Waals surface area (Å²) in [4.78, 5) is 37.4. The summed E-state index contributed by atoms with van der Waals surface area (Å²) in [5.74, 6) is -2.43. The Morgan fingerprint density at radius 2 is 2.03 bits per heavy atom. The van der Waals surface area contributed by atoms with Crippen LogP contribution in [0.25, 0.3) is 0 Å². The van der Waals surface area contributed by atoms with Gasteiger partial charge in [-0.15, -0.1) is 0 Å². The number of rotatable bonds is 4. The van der Waals surface area contributed by atoms with E-state index in [1.807, 2.05) is 4.90 Å². The van der Waals surface area contributed by atoms with Crippen molar-refractivity contribution in [2.75, 3.05) is 18.0 Å². The summed E-state index contributed by atoms with van der Waals surface area (Å²) in [5, 5.41) is 14.0. The van der Waals surface area contributed by atoms with Crippen LogP contribution in [0.4, 0.5) is 10.1 Å². The molecule has 1 aliphatic carbocycles. The van der Waals surface area contributed by atoms with E-state index in [-0.39, 0.29) is 17.7 Å². The Labute approximate surface area is 180 Å². The number of benzene rings is 1. The monoisotopic (exact) mass is 424 g/mol. The first kappa shape index (κ1) is 21.0. The highest BCUT2D eigenvalue weighted by Gasteiger charge is 2.41. The van der Waals surface area contributed by atoms with Crippen LogP contribution in [0.1, 0.15) is 50.5 Å². The maximum absolute atomic E-state index is 14.9. The molecule has 2 aliphatic heterocycles. The topological polar surface area (TPSA) is 102 Å². The Morgan fingerprint density at radius 3 is 2.61 bits per heavy atom. The molecule has 1 saturated carbocycles. The first-order valence-electron chi connectivity index (χ1n) is 10.6. The zero-order valence-electron chi connectivity index (χ0n) is 17.4. The van der Waals surface area contributed by atoms with Crippen LogP contribution in [0.15, 0.2) is 29.8 Å². The molecule has 162 valence electrons. The second kappa shape index (κ2) is 8.14. The van der Waals surface area contributed by atoms with Gasteiger partial charge in [0.15, 0.2) is 0 Å². The molecular weight excluding hydrogens is 399 g/mol. The van der Waals surface area contributed by atoms with E-state index in [4.69, 9.17) is 0 Å². The van der Waals surface area contributed by atoms with Gasteiger partial charge in [0.2, 0.25) is 17.7 Å². The van der Waals surface area contributed by atoms with Gasteiger partial charge in [0.25, 0.3) is 0 Å². The molecule has 2 N–H and O–H groups in total. The lowest BCUT2D eigenvalue weighted by molar-refractivity contribution is -0.131. The van der Waals surface area contributed by atoms with E-state index in [2.05, 4.69) is 22.8 Å². The second-order valence-corrected chi connectivity index (χ2v) is 8.66. The van der Waals surface area contributed by atoms with Gasteiger partial charge in [-0.25, -0.2) is 4.39 Å². The summed E-state index contributed by atoms with van der Waals surface area (Å²) in [6.07, 6.45) is 5.76. The highest BCUT2D eigenvalue weighted by atomic mass is 19.1. The lowest BCUT2D eigenvalue weighted by atomic mass is 9.94. The minimum atomic E-state index is -0.806. The number of nitrogens with one attached hydrogen (secondary N) is 2. The van der Waals surface area contributed by atoms with Crippen LogP contribution in [-0.4, -0.2) is 36.9 Å². The summed E-state index contributed by atoms with van der Waals surface area (Å²) in [7, 11) is 0. The predicted octanol–water partition coefficient (Wildman–Crippen LogP) is 2.29. The molecule has 0 spiro atoms. The van der Waals surface area contributed by atoms with Gasteiger partial charge in [-0.2, -0.15) is 5.26 Å². The first-order valence-corrected chi connectivity index (χ1v) is 10.6. The molecule has 1 aromatic rings. The van der Waals surface area contributed by atoms with E-state index in [0.29, 0.717) is 24.3 Å². The zero-order chi connectivity index (χ0) is 22.2. The molecule has 31 heavy (non-hydrogen) atoms. The number of imide groups is 1. The number of anilines is 1. The van der Waals surface area contributed by atoms with Gasteiger partial charge in [0, 0.05) is 20.0 Å². The number of allylic oxidation sites excluding steroid dienone is 1. The zero-order valence-corrected chi connectivity index (χ0v) is 17.4. The molecule has 2 atom stereocenters. The lowest BCUT2D eigenvalue weighted by Gasteiger charge is -2.31. The minimum Gasteiger partial charge on any atom is -0.369 e. The Bertz CT molecular complexity index is 999. The lowest BCUT2D eigenvalue weighted by Crippen LogP contribution is -2.43. The summed E-state index contributed by atoms with van der Waals surface area (Å²) in [5.41, 5.74) is 2.02. The highest BCUT2D eigenvalue weighted by molar-refractivity contribution is 6.01. The summed E-state index contributed by atoms with van der Waals surface area (Å²) in [6, 6.07) is 6.36. The van der Waals surface area contributed by atoms with Crippen LogP contribution in [0, 0.1) is 22.6 Å². The fourth-order valence-corrected chi connectivity index (χ4v) is 4.38. The van der Waals surface area contributed by atoms with Gasteiger partial charge in [-0.3, -0.25) is 19.7 Å². The Hall–Kier alpha value is -3.21. The fourth-order valence-electron chi connectivity index (χ4n) is 4.38. The molecule has 0 aromatic heterocycles. The first-order chi connectivity index (χ1) is 14.8. The largest absolute Gasteiger partial charge is 0.369 e. The predicted molar refractivity (Wildman–Crippen MR) is 111 cm³/mol. The Balaban J connectivity index is 1.41. The van der Waals surface area contributed by atoms with E-state index in [1.165, 1.54) is 18.6 Å². The van der Waals surface area contributed by atoms with E-state index in [0.717, 1.165) is 25.7 Å². The molecule has 2 heterocycles. The standard InChI is InChI=1S/C23H25FN4O3/c1-14(29)26-22(31)19-11-17(21(30)27-19)16-2-3-20(18(24)10-16)28-8-4-15(5-9-28)12-23(13-25)6-7-23/h2-3,10,12,17,19H,4-9,11H2,1H3,(H,27,30)(H,26,29,31)/t17-,19?/m0/s1. The molecule has 0 radical (unpaired) electrons. The van der Waals surface area contributed by atoms with Crippen molar-refractivity contribution in [2.24, 2.45) is 5.41 Å². The van der Waals surface area contributed by atoms with Crippen LogP contribution in [-0.2, 0) is 14.4 Å². The number of amides is 3. The van der Waals surface area contributed by atoms with Crippen LogP contribution in [0.2, 0.25) is 0 Å². The van der Waals surface area contributed by atoms with Crippen LogP contribution in [0.3, 0.4) is 0 Å². The number of piperidine rings is 1. The van der Waals surface area contributed by atoms with E-state index < -0.39 is 29.6 Å². The maximum atomic E-state index is 14.9. The van der Waals surface area contributed by atoms with Crippen LogP contribution in [0.5, 0.6) is 0 Å². The van der Waals surface area contributed by atoms with Crippen molar-refractivity contribution in [1.82, 2.24) is 10.6 Å². The average molecular weight is 424 g/mol. The second-order valence-electron chi connectivity index (χ2n) is 8.66. The summed E-state index contributed by atoms with van der Waals surface area (Å²) in [6.45, 7) is 2.59. The highest BCUT2D eigenvalue weighted by Crippen LogP contribution is 2.47. The van der Waals surface area contributed by atoms with Crippen molar-refractivity contribution in [3.63, 3.8) is 0 Å². The van der Waals surface area contributed by atoms with Gasteiger partial charge >= 0.3 is 0 Å². The van der Waals surface area contributed by atoms with Crippen LogP contribution < -0.4 is 15.5 Å². The number of carbonyl (C=O) groups is 3. The third kappa shape index (κ3) is 4.46. The van der Waals surface area contributed by atoms with Crippen molar-refractivity contribution in [3.8, 4) is 6.07 Å². The van der Waals surface area contributed by atoms with Crippen molar-refractivity contribution in [2.45, 2.75) is 51.0 Å². The number of nitriles is 1. The van der Waals surface area contributed by atoms with Crippen molar-refractivity contribution >= 4 is 23.4 Å². The molecule has 1 aromatic carbocycles. The molecule has 8 heteroatoms. The SMILES string of the molecule is CC(=O)NC(=O)C1C[C@@H](c2ccc(N3CCC(=CC4(C#N)CC4)CC3)c(F)c2)C(=O)N1. The number of hydrogen-bond acceptors (Lipinski definition) is 5. The smallest absolute Gasteiger partial charge is 0.249 e. The fraction of sp³-hybridized carbons (Fsp3) is 0.478. The average Bonchev–Trinajstić information content (AvgIpc) is 3.40. The molecule has 3 amide bonds. The molecule has 3 fully saturated rings. The molecule has 1 unspecified atom stereocenters. The number of hydrogen-bond donors (Lipinski definition) is 2. The maximum Gasteiger partial charge on any atom is 0.249 e. The summed E-state index contributed by atoms with van der Waals surface area (Å²) >= 11 is 0. The Morgan fingerprint density at radius 1 is 1.32 bits per heavy atom. The van der Waals surface area contributed by atoms with Crippen molar-refractivity contribution in [1.29, 1.82) is 5.26 Å². The van der Waals surface area contributed by atoms with Gasteiger partial charge < -0.3 is 10.2 Å². The number of nitrogens with zero attached hydrogens (tertiary/aromatic N) is 2. The Kier molecular flexibility index (Phi) is 5.52. The minimum absolute atomic E-state index is 0.176. The third-order valence-corrected chi connectivity index (χ3v) is 6.33. The van der Waals surface area contributed by atoms with Gasteiger partial charge in [0.1, 0.15) is 11.9 Å². The molecular formula is C23H25FN4O3. The van der Waals surface area contributed by atoms with E-state index >= 15 is 0 Å². The molecule has 7 nitrogen and oxygen atoms in total. The van der Waals surface area contributed by atoms with Crippen molar-refractivity contribution in [3.05, 3.63) is 41.2 Å². The normalized spacial score (nSPS) is 24.2. The van der Waals surface area contributed by atoms with Gasteiger partial charge in [-0.1, -0.05) is 17.7 Å². The number of halogens is 1. The van der Waals surface area contributed by atoms with Gasteiger partial charge in [0.05, 0.1) is 23.1 Å². The third-order valence-electron chi connectivity index (χ3n) is 6.33. The molecule has 0 bridgehead atoms. The number of carbonyl (C=O) groups excluding carboxylic acids is 3. The molecule has 2 saturated heterocycles. The van der Waals surface area contributed by atoms with Crippen molar-refractivity contribution < 1.29 is 18.8 Å².